The van der Waals surface area contributed by atoms with Crippen molar-refractivity contribution in [2.45, 2.75) is 180 Å². The maximum Gasteiger partial charge on any atom is 0.472 e. The summed E-state index contributed by atoms with van der Waals surface area (Å²) >= 11 is 0. The Labute approximate surface area is 326 Å². The fourth-order valence-corrected chi connectivity index (χ4v) is 6.14. The molecule has 0 spiro atoms. The third-order valence-electron chi connectivity index (χ3n) is 8.54. The maximum absolute atomic E-state index is 12.6. The van der Waals surface area contributed by atoms with Gasteiger partial charge in [0.1, 0.15) is 12.7 Å². The molecule has 0 saturated heterocycles. The standard InChI is InChI=1S/C42H75O11P/c1-3-5-6-7-8-9-10-12-17-20-23-26-29-33-42(47)53-40(37-52-54(48,49)51-35-39(45)34-43)36-50-41(46)32-28-25-22-19-16-14-11-13-15-18-21-24-27-31-38(44)30-4-2/h11,14-15,18-19,22,24,27,38-40,43-45H,3-10,12-13,16-17,20-21,23,25-26,28-37H2,1-2H3,(H,48,49)/b14-11-,18-15-,22-19-,27-24-/t38?,39-,40+/m0/s1. The van der Waals surface area contributed by atoms with Gasteiger partial charge in [-0.2, -0.15) is 0 Å². The molecule has 0 aliphatic heterocycles. The number of aliphatic hydroxyl groups is 3. The number of ether oxygens (including phenoxy) is 2. The largest absolute Gasteiger partial charge is 0.472 e. The van der Waals surface area contributed by atoms with Crippen molar-refractivity contribution in [1.29, 1.82) is 0 Å². The first-order chi connectivity index (χ1) is 26.1. The second-order valence-corrected chi connectivity index (χ2v) is 15.3. The monoisotopic (exact) mass is 787 g/mol. The van der Waals surface area contributed by atoms with Crippen LogP contribution in [0.2, 0.25) is 0 Å². The molecule has 4 atom stereocenters. The first kappa shape index (κ1) is 51.9. The van der Waals surface area contributed by atoms with Crippen LogP contribution < -0.4 is 0 Å². The fraction of sp³-hybridized carbons (Fsp3) is 0.762. The summed E-state index contributed by atoms with van der Waals surface area (Å²) in [6.07, 6.45) is 35.7. The molecule has 0 aliphatic carbocycles. The lowest BCUT2D eigenvalue weighted by Crippen LogP contribution is -2.29. The highest BCUT2D eigenvalue weighted by Gasteiger charge is 2.27. The number of hydrogen-bond acceptors (Lipinski definition) is 10. The minimum atomic E-state index is -4.63. The Morgan fingerprint density at radius 1 is 0.593 bits per heavy atom. The molecule has 11 nitrogen and oxygen atoms in total. The molecule has 314 valence electrons. The highest BCUT2D eigenvalue weighted by Crippen LogP contribution is 2.43. The van der Waals surface area contributed by atoms with E-state index < -0.39 is 51.8 Å². The zero-order chi connectivity index (χ0) is 40.0. The van der Waals surface area contributed by atoms with Crippen molar-refractivity contribution in [2.24, 2.45) is 0 Å². The summed E-state index contributed by atoms with van der Waals surface area (Å²) in [4.78, 5) is 34.9. The van der Waals surface area contributed by atoms with E-state index in [-0.39, 0.29) is 25.6 Å². The van der Waals surface area contributed by atoms with Crippen LogP contribution in [-0.2, 0) is 32.7 Å². The third kappa shape index (κ3) is 36.8. The van der Waals surface area contributed by atoms with E-state index in [1.807, 2.05) is 18.2 Å². The lowest BCUT2D eigenvalue weighted by Gasteiger charge is -2.20. The van der Waals surface area contributed by atoms with Crippen LogP contribution in [0.5, 0.6) is 0 Å². The van der Waals surface area contributed by atoms with Crippen molar-refractivity contribution in [3.8, 4) is 0 Å². The number of allylic oxidation sites excluding steroid dienone is 7. The van der Waals surface area contributed by atoms with Crippen LogP contribution in [0.3, 0.4) is 0 Å². The fourth-order valence-electron chi connectivity index (χ4n) is 5.35. The van der Waals surface area contributed by atoms with Crippen LogP contribution in [0.1, 0.15) is 162 Å². The van der Waals surface area contributed by atoms with Gasteiger partial charge in [0, 0.05) is 12.8 Å². The molecule has 0 fully saturated rings. The molecule has 0 heterocycles. The number of aliphatic hydroxyl groups excluding tert-OH is 3. The molecule has 0 saturated carbocycles. The minimum absolute atomic E-state index is 0.151. The molecule has 0 aromatic rings. The number of unbranched alkanes of at least 4 members (excludes halogenated alkanes) is 13. The highest BCUT2D eigenvalue weighted by molar-refractivity contribution is 7.47. The Hall–Kier alpha value is -2.11. The summed E-state index contributed by atoms with van der Waals surface area (Å²) in [6.45, 7) is 2.10. The van der Waals surface area contributed by atoms with Crippen LogP contribution in [0, 0.1) is 0 Å². The number of rotatable bonds is 38. The van der Waals surface area contributed by atoms with Crippen LogP contribution in [0.15, 0.2) is 48.6 Å². The van der Waals surface area contributed by atoms with E-state index in [9.17, 15) is 29.3 Å². The summed E-state index contributed by atoms with van der Waals surface area (Å²) in [5.74, 6) is -1.01. The van der Waals surface area contributed by atoms with Gasteiger partial charge in [-0.25, -0.2) is 4.57 Å². The minimum Gasteiger partial charge on any atom is -0.462 e. The molecule has 0 aromatic carbocycles. The Balaban J connectivity index is 4.43. The number of carbonyl (C=O) groups excluding carboxylic acids is 2. The molecule has 2 unspecified atom stereocenters. The summed E-state index contributed by atoms with van der Waals surface area (Å²) in [5, 5.41) is 28.0. The molecule has 0 rings (SSSR count). The number of esters is 2. The quantitative estimate of drug-likeness (QED) is 0.0204. The third-order valence-corrected chi connectivity index (χ3v) is 9.49. The van der Waals surface area contributed by atoms with Gasteiger partial charge >= 0.3 is 19.8 Å². The molecule has 0 radical (unpaired) electrons. The van der Waals surface area contributed by atoms with Crippen LogP contribution in [0.4, 0.5) is 0 Å². The van der Waals surface area contributed by atoms with E-state index in [2.05, 4.69) is 48.8 Å². The molecule has 12 heteroatoms. The van der Waals surface area contributed by atoms with Crippen molar-refractivity contribution >= 4 is 19.8 Å². The van der Waals surface area contributed by atoms with Gasteiger partial charge in [-0.05, 0) is 51.4 Å². The lowest BCUT2D eigenvalue weighted by atomic mass is 10.0. The van der Waals surface area contributed by atoms with Gasteiger partial charge in [0.2, 0.25) is 0 Å². The normalized spacial score (nSPS) is 15.0. The average Bonchev–Trinajstić information content (AvgIpc) is 3.15. The van der Waals surface area contributed by atoms with Crippen molar-refractivity contribution in [1.82, 2.24) is 0 Å². The van der Waals surface area contributed by atoms with Crippen LogP contribution in [-0.4, -0.2) is 76.9 Å². The molecule has 0 amide bonds. The Morgan fingerprint density at radius 3 is 1.65 bits per heavy atom. The van der Waals surface area contributed by atoms with E-state index in [4.69, 9.17) is 19.1 Å². The second-order valence-electron chi connectivity index (χ2n) is 13.8. The Bertz CT molecular complexity index is 1060. The van der Waals surface area contributed by atoms with Crippen LogP contribution in [0.25, 0.3) is 0 Å². The van der Waals surface area contributed by atoms with Gasteiger partial charge in [0.05, 0.1) is 25.9 Å². The molecule has 0 bridgehead atoms. The number of phosphoric acid groups is 1. The maximum atomic E-state index is 12.6. The van der Waals surface area contributed by atoms with E-state index in [1.54, 1.807) is 0 Å². The Kier molecular flexibility index (Phi) is 36.3. The number of phosphoric ester groups is 1. The van der Waals surface area contributed by atoms with Crippen molar-refractivity contribution in [3.63, 3.8) is 0 Å². The summed E-state index contributed by atoms with van der Waals surface area (Å²) in [6, 6.07) is 0. The van der Waals surface area contributed by atoms with Gasteiger partial charge in [-0.1, -0.05) is 146 Å². The molecule has 4 N–H and O–H groups in total. The van der Waals surface area contributed by atoms with E-state index >= 15 is 0 Å². The molecule has 0 aromatic heterocycles. The summed E-state index contributed by atoms with van der Waals surface area (Å²) < 4.78 is 32.6. The average molecular weight is 787 g/mol. The summed E-state index contributed by atoms with van der Waals surface area (Å²) in [5.41, 5.74) is 0. The van der Waals surface area contributed by atoms with Gasteiger partial charge in [-0.3, -0.25) is 18.6 Å². The molecular formula is C42H75O11P. The van der Waals surface area contributed by atoms with Gasteiger partial charge in [0.25, 0.3) is 0 Å². The first-order valence-corrected chi connectivity index (χ1v) is 22.2. The van der Waals surface area contributed by atoms with Gasteiger partial charge < -0.3 is 29.7 Å². The zero-order valence-electron chi connectivity index (χ0n) is 33.5. The van der Waals surface area contributed by atoms with Crippen molar-refractivity contribution < 1.29 is 52.9 Å². The van der Waals surface area contributed by atoms with E-state index in [0.29, 0.717) is 25.7 Å². The SMILES string of the molecule is CCCCCCCCCCCCCCCC(=O)O[C@H](COC(=O)CCC/C=C\C/C=C\C/C=C\C/C=C\CC(O)CCC)COP(=O)(O)OC[C@@H](O)CO. The molecular weight excluding hydrogens is 711 g/mol. The van der Waals surface area contributed by atoms with E-state index in [0.717, 1.165) is 51.4 Å². The smallest absolute Gasteiger partial charge is 0.462 e. The number of carbonyl (C=O) groups is 2. The zero-order valence-corrected chi connectivity index (χ0v) is 34.4. The van der Waals surface area contributed by atoms with Crippen LogP contribution >= 0.6 is 7.82 Å². The predicted molar refractivity (Wildman–Crippen MR) is 216 cm³/mol. The van der Waals surface area contributed by atoms with Gasteiger partial charge in [0.15, 0.2) is 6.10 Å². The molecule has 54 heavy (non-hydrogen) atoms. The first-order valence-electron chi connectivity index (χ1n) is 20.7. The Morgan fingerprint density at radius 2 is 1.09 bits per heavy atom. The van der Waals surface area contributed by atoms with Crippen molar-refractivity contribution in [3.05, 3.63) is 48.6 Å². The van der Waals surface area contributed by atoms with Gasteiger partial charge in [-0.15, -0.1) is 0 Å². The van der Waals surface area contributed by atoms with E-state index in [1.165, 1.54) is 57.8 Å². The topological polar surface area (TPSA) is 169 Å². The lowest BCUT2D eigenvalue weighted by molar-refractivity contribution is -0.161. The predicted octanol–water partition coefficient (Wildman–Crippen LogP) is 9.53. The second kappa shape index (κ2) is 37.8. The summed E-state index contributed by atoms with van der Waals surface area (Å²) in [7, 11) is -4.63. The van der Waals surface area contributed by atoms with Crippen molar-refractivity contribution in [2.75, 3.05) is 26.4 Å². The highest BCUT2D eigenvalue weighted by atomic mass is 31.2. The number of hydrogen-bond donors (Lipinski definition) is 4. The molecule has 0 aliphatic rings.